The van der Waals surface area contributed by atoms with E-state index in [0.717, 1.165) is 28.2 Å². The normalized spacial score (nSPS) is 11.8. The maximum Gasteiger partial charge on any atom is 0.251 e. The van der Waals surface area contributed by atoms with Gasteiger partial charge in [0.1, 0.15) is 0 Å². The second-order valence-corrected chi connectivity index (χ2v) is 11.6. The molecule has 4 N–H and O–H groups in total. The summed E-state index contributed by atoms with van der Waals surface area (Å²) < 4.78 is 28.2. The van der Waals surface area contributed by atoms with Crippen molar-refractivity contribution in [2.24, 2.45) is 0 Å². The second-order valence-electron chi connectivity index (χ2n) is 9.92. The van der Waals surface area contributed by atoms with Gasteiger partial charge < -0.3 is 15.7 Å². The zero-order chi connectivity index (χ0) is 27.2. The summed E-state index contributed by atoms with van der Waals surface area (Å²) >= 11 is 0. The van der Waals surface area contributed by atoms with E-state index in [1.165, 1.54) is 0 Å². The first-order valence-corrected chi connectivity index (χ1v) is 13.6. The van der Waals surface area contributed by atoms with E-state index in [4.69, 9.17) is 10.1 Å². The van der Waals surface area contributed by atoms with Crippen molar-refractivity contribution < 1.29 is 18.3 Å². The summed E-state index contributed by atoms with van der Waals surface area (Å²) in [5.41, 5.74) is 4.00. The minimum absolute atomic E-state index is 0.0278. The number of aryl methyl sites for hydroxylation is 1. The molecular formula is C27H35N5O4S. The zero-order valence-electron chi connectivity index (χ0n) is 21.9. The van der Waals surface area contributed by atoms with Crippen molar-refractivity contribution in [2.45, 2.75) is 57.9 Å². The molecule has 1 aromatic heterocycles. The minimum Gasteiger partial charge on any atom is -0.396 e. The van der Waals surface area contributed by atoms with Gasteiger partial charge in [0.05, 0.1) is 10.6 Å². The number of carbonyl (C=O) groups is 1. The molecule has 1 amide bonds. The summed E-state index contributed by atoms with van der Waals surface area (Å²) in [6.07, 6.45) is 0.946. The fourth-order valence-electron chi connectivity index (χ4n) is 3.61. The number of anilines is 2. The SMILES string of the molecule is Cc1nc(Nc2ccc(C(=O)NCCCO)cc2)nc(Cc2cccc(S(=O)(=O)NC(C)(C)C)c2)c1C. The topological polar surface area (TPSA) is 133 Å². The summed E-state index contributed by atoms with van der Waals surface area (Å²) in [6.45, 7) is 9.70. The third kappa shape index (κ3) is 8.08. The van der Waals surface area contributed by atoms with Gasteiger partial charge in [-0.25, -0.2) is 23.1 Å². The number of nitrogens with zero attached hydrogens (tertiary/aromatic N) is 2. The third-order valence-electron chi connectivity index (χ3n) is 5.53. The average molecular weight is 526 g/mol. The molecule has 2 aromatic carbocycles. The van der Waals surface area contributed by atoms with Gasteiger partial charge in [-0.05, 0) is 88.6 Å². The molecule has 1 heterocycles. The number of sulfonamides is 1. The maximum atomic E-state index is 12.8. The maximum absolute atomic E-state index is 12.8. The lowest BCUT2D eigenvalue weighted by Crippen LogP contribution is -2.40. The van der Waals surface area contributed by atoms with Crippen molar-refractivity contribution in [1.82, 2.24) is 20.0 Å². The lowest BCUT2D eigenvalue weighted by atomic mass is 10.1. The quantitative estimate of drug-likeness (QED) is 0.297. The van der Waals surface area contributed by atoms with E-state index in [1.807, 2.05) is 19.9 Å². The molecule has 0 saturated carbocycles. The van der Waals surface area contributed by atoms with Crippen LogP contribution >= 0.6 is 0 Å². The highest BCUT2D eigenvalue weighted by Gasteiger charge is 2.22. The van der Waals surface area contributed by atoms with Crippen LogP contribution in [-0.4, -0.2) is 48.1 Å². The Kier molecular flexibility index (Phi) is 9.01. The summed E-state index contributed by atoms with van der Waals surface area (Å²) in [5, 5.41) is 14.8. The van der Waals surface area contributed by atoms with E-state index in [0.29, 0.717) is 30.9 Å². The number of nitrogens with one attached hydrogen (secondary N) is 3. The molecule has 0 radical (unpaired) electrons. The Morgan fingerprint density at radius 2 is 1.73 bits per heavy atom. The monoisotopic (exact) mass is 525 g/mol. The first kappa shape index (κ1) is 28.2. The molecule has 0 unspecified atom stereocenters. The lowest BCUT2D eigenvalue weighted by Gasteiger charge is -2.20. The van der Waals surface area contributed by atoms with Gasteiger partial charge in [0, 0.05) is 42.1 Å². The summed E-state index contributed by atoms with van der Waals surface area (Å²) in [7, 11) is -3.65. The van der Waals surface area contributed by atoms with Gasteiger partial charge in [0.2, 0.25) is 16.0 Å². The molecule has 3 rings (SSSR count). The van der Waals surface area contributed by atoms with Crippen LogP contribution in [0.5, 0.6) is 0 Å². The Morgan fingerprint density at radius 1 is 1.03 bits per heavy atom. The predicted octanol–water partition coefficient (Wildman–Crippen LogP) is 3.62. The van der Waals surface area contributed by atoms with Crippen molar-refractivity contribution >= 4 is 27.6 Å². The molecule has 0 fully saturated rings. The molecule has 3 aromatic rings. The van der Waals surface area contributed by atoms with E-state index in [2.05, 4.69) is 20.3 Å². The van der Waals surface area contributed by atoms with Gasteiger partial charge in [-0.2, -0.15) is 0 Å². The Morgan fingerprint density at radius 3 is 2.38 bits per heavy atom. The Labute approximate surface area is 218 Å². The van der Waals surface area contributed by atoms with Crippen LogP contribution in [0, 0.1) is 13.8 Å². The number of amides is 1. The van der Waals surface area contributed by atoms with Crippen LogP contribution in [0.25, 0.3) is 0 Å². The first-order valence-electron chi connectivity index (χ1n) is 12.1. The summed E-state index contributed by atoms with van der Waals surface area (Å²) in [5.74, 6) is 0.211. The Bertz CT molecular complexity index is 1350. The Balaban J connectivity index is 1.78. The molecule has 9 nitrogen and oxygen atoms in total. The van der Waals surface area contributed by atoms with Crippen molar-refractivity contribution in [3.63, 3.8) is 0 Å². The number of aliphatic hydroxyl groups is 1. The van der Waals surface area contributed by atoms with E-state index >= 15 is 0 Å². The molecule has 0 saturated heterocycles. The van der Waals surface area contributed by atoms with Crippen LogP contribution in [0.4, 0.5) is 11.6 Å². The molecule has 0 aliphatic rings. The molecule has 0 aliphatic heterocycles. The Hall–Kier alpha value is -3.34. The van der Waals surface area contributed by atoms with Crippen molar-refractivity contribution in [3.8, 4) is 0 Å². The number of benzene rings is 2. The zero-order valence-corrected chi connectivity index (χ0v) is 22.7. The van der Waals surface area contributed by atoms with Crippen molar-refractivity contribution in [2.75, 3.05) is 18.5 Å². The molecule has 10 heteroatoms. The van der Waals surface area contributed by atoms with Crippen LogP contribution in [0.15, 0.2) is 53.4 Å². The van der Waals surface area contributed by atoms with Gasteiger partial charge in [-0.1, -0.05) is 12.1 Å². The molecule has 0 spiro atoms. The highest BCUT2D eigenvalue weighted by Crippen LogP contribution is 2.21. The van der Waals surface area contributed by atoms with E-state index in [-0.39, 0.29) is 17.4 Å². The first-order chi connectivity index (χ1) is 17.4. The molecule has 0 aliphatic carbocycles. The van der Waals surface area contributed by atoms with Crippen LogP contribution < -0.4 is 15.4 Å². The second kappa shape index (κ2) is 11.8. The molecule has 37 heavy (non-hydrogen) atoms. The van der Waals surface area contributed by atoms with Crippen LogP contribution in [0.1, 0.15) is 60.1 Å². The number of aromatic nitrogens is 2. The number of aliphatic hydroxyl groups excluding tert-OH is 1. The molecule has 0 bridgehead atoms. The third-order valence-corrected chi connectivity index (χ3v) is 7.29. The van der Waals surface area contributed by atoms with Gasteiger partial charge in [0.15, 0.2) is 0 Å². The number of carbonyl (C=O) groups excluding carboxylic acids is 1. The van der Waals surface area contributed by atoms with Gasteiger partial charge in [0.25, 0.3) is 5.91 Å². The van der Waals surface area contributed by atoms with Crippen molar-refractivity contribution in [3.05, 3.63) is 76.6 Å². The van der Waals surface area contributed by atoms with Crippen LogP contribution in [0.2, 0.25) is 0 Å². The van der Waals surface area contributed by atoms with Crippen LogP contribution in [0.3, 0.4) is 0 Å². The summed E-state index contributed by atoms with van der Waals surface area (Å²) in [4.78, 5) is 21.6. The van der Waals surface area contributed by atoms with E-state index in [9.17, 15) is 13.2 Å². The number of hydrogen-bond donors (Lipinski definition) is 4. The smallest absolute Gasteiger partial charge is 0.251 e. The highest BCUT2D eigenvalue weighted by molar-refractivity contribution is 7.89. The summed E-state index contributed by atoms with van der Waals surface area (Å²) in [6, 6.07) is 13.8. The fraction of sp³-hybridized carbons (Fsp3) is 0.370. The number of hydrogen-bond acceptors (Lipinski definition) is 7. The predicted molar refractivity (Wildman–Crippen MR) is 145 cm³/mol. The van der Waals surface area contributed by atoms with Gasteiger partial charge in [-0.3, -0.25) is 4.79 Å². The largest absolute Gasteiger partial charge is 0.396 e. The van der Waals surface area contributed by atoms with Crippen molar-refractivity contribution in [1.29, 1.82) is 0 Å². The lowest BCUT2D eigenvalue weighted by molar-refractivity contribution is 0.0951. The number of rotatable bonds is 10. The van der Waals surface area contributed by atoms with E-state index in [1.54, 1.807) is 63.2 Å². The highest BCUT2D eigenvalue weighted by atomic mass is 32.2. The fourth-order valence-corrected chi connectivity index (χ4v) is 5.10. The van der Waals surface area contributed by atoms with Crippen LogP contribution in [-0.2, 0) is 16.4 Å². The minimum atomic E-state index is -3.65. The van der Waals surface area contributed by atoms with Gasteiger partial charge in [-0.15, -0.1) is 0 Å². The standard InChI is InChI=1S/C27H35N5O4S/c1-18-19(2)29-26(30-22-12-10-21(11-13-22)25(34)28-14-7-15-33)31-24(18)17-20-8-6-9-23(16-20)37(35,36)32-27(3,4)5/h6,8-13,16,32-33H,7,14-15,17H2,1-5H3,(H,28,34)(H,29,30,31). The molecule has 198 valence electrons. The van der Waals surface area contributed by atoms with Gasteiger partial charge >= 0.3 is 0 Å². The molecular weight excluding hydrogens is 490 g/mol. The molecule has 0 atom stereocenters. The average Bonchev–Trinajstić information content (AvgIpc) is 2.81. The van der Waals surface area contributed by atoms with E-state index < -0.39 is 15.6 Å².